The summed E-state index contributed by atoms with van der Waals surface area (Å²) in [5, 5.41) is 1.77. The molecule has 1 aliphatic carbocycles. The molecule has 1 fully saturated rings. The van der Waals surface area contributed by atoms with Gasteiger partial charge in [-0.15, -0.1) is 11.3 Å². The van der Waals surface area contributed by atoms with Crippen LogP contribution < -0.4 is 14.2 Å². The van der Waals surface area contributed by atoms with Crippen LogP contribution in [-0.4, -0.2) is 28.2 Å². The van der Waals surface area contributed by atoms with Crippen LogP contribution in [-0.2, 0) is 15.4 Å². The Kier molecular flexibility index (Phi) is 3.59. The third-order valence-corrected chi connectivity index (χ3v) is 7.17. The van der Waals surface area contributed by atoms with Gasteiger partial charge in [0.2, 0.25) is 10.0 Å². The zero-order chi connectivity index (χ0) is 15.9. The number of nitrogens with one attached hydrogen (secondary N) is 1. The molecule has 2 aliphatic rings. The van der Waals surface area contributed by atoms with E-state index in [0.29, 0.717) is 24.0 Å². The van der Waals surface area contributed by atoms with Crippen LogP contribution in [0.2, 0.25) is 0 Å². The van der Waals surface area contributed by atoms with E-state index >= 15 is 0 Å². The first-order valence-corrected chi connectivity index (χ1v) is 9.89. The van der Waals surface area contributed by atoms with E-state index in [4.69, 9.17) is 9.47 Å². The second-order valence-electron chi connectivity index (χ2n) is 5.90. The molecule has 0 bridgehead atoms. The number of fused-ring (bicyclic) bond motifs is 1. The van der Waals surface area contributed by atoms with Crippen LogP contribution in [0, 0.1) is 0 Å². The third-order valence-electron chi connectivity index (χ3n) is 4.37. The van der Waals surface area contributed by atoms with Gasteiger partial charge in [-0.3, -0.25) is 0 Å². The number of benzene rings is 1. The first-order chi connectivity index (χ1) is 11.1. The minimum absolute atomic E-state index is 0.125. The molecule has 2 heterocycles. The van der Waals surface area contributed by atoms with Crippen molar-refractivity contribution in [2.75, 3.05) is 19.8 Å². The molecule has 7 heteroatoms. The van der Waals surface area contributed by atoms with Gasteiger partial charge in [-0.1, -0.05) is 12.1 Å². The van der Waals surface area contributed by atoms with Crippen molar-refractivity contribution in [3.05, 3.63) is 41.3 Å². The molecule has 0 radical (unpaired) electrons. The van der Waals surface area contributed by atoms with Gasteiger partial charge in [-0.25, -0.2) is 13.1 Å². The van der Waals surface area contributed by atoms with Crippen molar-refractivity contribution in [3.8, 4) is 11.5 Å². The van der Waals surface area contributed by atoms with E-state index in [1.807, 2.05) is 18.2 Å². The minimum atomic E-state index is -3.42. The molecule has 1 aromatic carbocycles. The monoisotopic (exact) mass is 351 g/mol. The summed E-state index contributed by atoms with van der Waals surface area (Å²) in [5.74, 6) is 1.51. The highest BCUT2D eigenvalue weighted by Crippen LogP contribution is 2.49. The second kappa shape index (κ2) is 5.51. The van der Waals surface area contributed by atoms with E-state index < -0.39 is 10.0 Å². The van der Waals surface area contributed by atoms with Crippen molar-refractivity contribution in [2.24, 2.45) is 0 Å². The Balaban J connectivity index is 1.53. The number of hydrogen-bond acceptors (Lipinski definition) is 5. The lowest BCUT2D eigenvalue weighted by Crippen LogP contribution is -2.32. The Bertz CT molecular complexity index is 811. The van der Waals surface area contributed by atoms with Gasteiger partial charge in [0.05, 0.1) is 0 Å². The average Bonchev–Trinajstić information content (AvgIpc) is 3.15. The number of hydrogen-bond donors (Lipinski definition) is 1. The molecule has 4 rings (SSSR count). The van der Waals surface area contributed by atoms with Crippen LogP contribution in [0.4, 0.5) is 0 Å². The van der Waals surface area contributed by atoms with Crippen LogP contribution in [0.25, 0.3) is 0 Å². The maximum Gasteiger partial charge on any atom is 0.250 e. The van der Waals surface area contributed by atoms with Gasteiger partial charge in [-0.2, -0.15) is 0 Å². The Hall–Kier alpha value is -1.57. The van der Waals surface area contributed by atoms with E-state index in [1.165, 1.54) is 11.3 Å². The molecule has 5 nitrogen and oxygen atoms in total. The zero-order valence-electron chi connectivity index (χ0n) is 12.4. The largest absolute Gasteiger partial charge is 0.486 e. The van der Waals surface area contributed by atoms with Gasteiger partial charge in [0, 0.05) is 12.0 Å². The minimum Gasteiger partial charge on any atom is -0.486 e. The Labute approximate surface area is 139 Å². The fourth-order valence-corrected chi connectivity index (χ4v) is 4.98. The fourth-order valence-electron chi connectivity index (χ4n) is 2.81. The topological polar surface area (TPSA) is 64.6 Å². The molecule has 1 N–H and O–H groups in total. The lowest BCUT2D eigenvalue weighted by molar-refractivity contribution is 0.171. The second-order valence-corrected chi connectivity index (χ2v) is 8.84. The molecule has 2 aromatic rings. The highest BCUT2D eigenvalue weighted by molar-refractivity contribution is 7.91. The molecular formula is C16H17NO4S2. The van der Waals surface area contributed by atoms with Gasteiger partial charge in [0.1, 0.15) is 17.4 Å². The van der Waals surface area contributed by atoms with Crippen molar-refractivity contribution in [2.45, 2.75) is 22.5 Å². The summed E-state index contributed by atoms with van der Waals surface area (Å²) < 4.78 is 38.9. The van der Waals surface area contributed by atoms with Crippen LogP contribution in [0.5, 0.6) is 11.5 Å². The predicted octanol–water partition coefficient (Wildman–Crippen LogP) is 2.53. The van der Waals surface area contributed by atoms with Gasteiger partial charge in [0.15, 0.2) is 11.5 Å². The zero-order valence-corrected chi connectivity index (χ0v) is 14.1. The van der Waals surface area contributed by atoms with Crippen LogP contribution in [0.15, 0.2) is 39.9 Å². The lowest BCUT2D eigenvalue weighted by atomic mass is 9.96. The molecule has 122 valence electrons. The summed E-state index contributed by atoms with van der Waals surface area (Å²) >= 11 is 1.23. The molecule has 23 heavy (non-hydrogen) atoms. The highest BCUT2D eigenvalue weighted by Gasteiger charge is 2.45. The van der Waals surface area contributed by atoms with Crippen molar-refractivity contribution in [1.82, 2.24) is 4.72 Å². The summed E-state index contributed by atoms with van der Waals surface area (Å²) in [7, 11) is -3.42. The number of ether oxygens (including phenoxy) is 2. The van der Waals surface area contributed by atoms with E-state index in [1.54, 1.807) is 17.5 Å². The molecule has 0 atom stereocenters. The average molecular weight is 351 g/mol. The molecule has 1 aromatic heterocycles. The number of rotatable bonds is 5. The smallest absolute Gasteiger partial charge is 0.250 e. The summed E-state index contributed by atoms with van der Waals surface area (Å²) in [6, 6.07) is 9.28. The van der Waals surface area contributed by atoms with Crippen LogP contribution >= 0.6 is 11.3 Å². The first kappa shape index (κ1) is 15.0. The highest BCUT2D eigenvalue weighted by atomic mass is 32.2. The molecule has 0 saturated heterocycles. The fraction of sp³-hybridized carbons (Fsp3) is 0.375. The van der Waals surface area contributed by atoms with Crippen molar-refractivity contribution < 1.29 is 17.9 Å². The number of thiophene rings is 1. The lowest BCUT2D eigenvalue weighted by Gasteiger charge is -2.22. The van der Waals surface area contributed by atoms with Crippen molar-refractivity contribution in [1.29, 1.82) is 0 Å². The molecule has 0 spiro atoms. The van der Waals surface area contributed by atoms with Crippen LogP contribution in [0.3, 0.4) is 0 Å². The Morgan fingerprint density at radius 2 is 1.91 bits per heavy atom. The van der Waals surface area contributed by atoms with Gasteiger partial charge < -0.3 is 9.47 Å². The normalized spacial score (nSPS) is 18.6. The summed E-state index contributed by atoms with van der Waals surface area (Å²) in [5.41, 5.74) is 0.982. The summed E-state index contributed by atoms with van der Waals surface area (Å²) in [4.78, 5) is 0. The standard InChI is InChI=1S/C16H17NO4S2/c18-23(19,15-2-1-9-22-15)17-11-16(5-6-16)12-3-4-13-14(10-12)21-8-7-20-13/h1-4,9-10,17H,5-8,11H2. The third kappa shape index (κ3) is 2.84. The maximum atomic E-state index is 12.3. The summed E-state index contributed by atoms with van der Waals surface area (Å²) in [6.07, 6.45) is 1.94. The molecule has 1 saturated carbocycles. The van der Waals surface area contributed by atoms with Gasteiger partial charge in [0.25, 0.3) is 0 Å². The van der Waals surface area contributed by atoms with Crippen molar-refractivity contribution >= 4 is 21.4 Å². The molecule has 1 aliphatic heterocycles. The number of sulfonamides is 1. The van der Waals surface area contributed by atoms with Gasteiger partial charge >= 0.3 is 0 Å². The first-order valence-electron chi connectivity index (χ1n) is 7.52. The summed E-state index contributed by atoms with van der Waals surface area (Å²) in [6.45, 7) is 1.53. The van der Waals surface area contributed by atoms with E-state index in [0.717, 1.165) is 29.9 Å². The van der Waals surface area contributed by atoms with Gasteiger partial charge in [-0.05, 0) is 42.0 Å². The predicted molar refractivity (Wildman–Crippen MR) is 87.9 cm³/mol. The van der Waals surface area contributed by atoms with Crippen LogP contribution in [0.1, 0.15) is 18.4 Å². The van der Waals surface area contributed by atoms with E-state index in [9.17, 15) is 8.42 Å². The van der Waals surface area contributed by atoms with Crippen molar-refractivity contribution in [3.63, 3.8) is 0 Å². The Morgan fingerprint density at radius 1 is 1.13 bits per heavy atom. The van der Waals surface area contributed by atoms with E-state index in [-0.39, 0.29) is 5.41 Å². The SMILES string of the molecule is O=S(=O)(NCC1(c2ccc3c(c2)OCCO3)CC1)c1cccs1. The maximum absolute atomic E-state index is 12.3. The van der Waals surface area contributed by atoms with E-state index in [2.05, 4.69) is 4.72 Å². The molecule has 0 amide bonds. The molecule has 0 unspecified atom stereocenters. The quantitative estimate of drug-likeness (QED) is 0.899. The molecular weight excluding hydrogens is 334 g/mol. The Morgan fingerprint density at radius 3 is 2.61 bits per heavy atom.